The number of aromatic nitrogens is 4. The van der Waals surface area contributed by atoms with Crippen molar-refractivity contribution in [3.05, 3.63) is 66.2 Å². The van der Waals surface area contributed by atoms with Crippen LogP contribution in [0.2, 0.25) is 0 Å². The van der Waals surface area contributed by atoms with Crippen molar-refractivity contribution in [3.63, 3.8) is 0 Å². The standard InChI is InChI=1S/C18H27N4O26P5.5Na/c23-9-1-3-21(17(29)19-9)15-13(27)11(25)7(43-15)5-41-49(31,32)45-51(35,36)47-53(39,40)48-52(37,38)46-50(33,34)42-6-8-12(26)14(28)16(44-8)22-4-2-10(24)20-18(22)30;;;;;/h1-4,7-8,11-16,25-28H,5-6H2,(H,31,32)(H,33,34)(H,35,36)(H,37,38)(H,39,40)(H,19,23,29)(H,20,24,30);;;;;/q;5*+1/p-5/t7-,8-,11-,12-,13-,14-,15-,16-;;;;;/m1...../s1. The molecule has 40 heteroatoms. The van der Waals surface area contributed by atoms with Gasteiger partial charge in [-0.3, -0.25) is 51.5 Å². The zero-order chi connectivity index (χ0) is 39.9. The SMILES string of the molecule is O=c1ccn([C@@H]2O[C@H](COP(=O)([O-])OP(=O)([O-])OP(=O)([O-])OP(=O)([O-])OP(=O)([O-])OC[C@H]3O[C@@H](n4ccc(=O)[nH]c4=O)[C@H](O)[C@@H]3O)[C@@H](O)[C@H]2O)c(=O)[nH]1.[Na+].[Na+].[Na+].[Na+].[Na+]. The molecule has 2 aromatic rings. The maximum atomic E-state index is 12.0. The number of aliphatic hydroxyl groups excluding tert-OH is 4. The van der Waals surface area contributed by atoms with Gasteiger partial charge in [-0.15, -0.1) is 0 Å². The normalized spacial score (nSPS) is 29.1. The van der Waals surface area contributed by atoms with Gasteiger partial charge in [0.25, 0.3) is 50.2 Å². The molecular weight excluding hydrogens is 958 g/mol. The monoisotopic (exact) mass is 980 g/mol. The van der Waals surface area contributed by atoms with Gasteiger partial charge < -0.3 is 63.4 Å². The van der Waals surface area contributed by atoms with E-state index in [0.717, 1.165) is 24.5 Å². The van der Waals surface area contributed by atoms with E-state index >= 15 is 0 Å². The maximum Gasteiger partial charge on any atom is 1.00 e. The van der Waals surface area contributed by atoms with Crippen molar-refractivity contribution in [2.75, 3.05) is 13.2 Å². The summed E-state index contributed by atoms with van der Waals surface area (Å²) in [6.45, 7) is -2.79. The molecule has 0 saturated carbocycles. The Morgan fingerprint density at radius 1 is 0.534 bits per heavy atom. The predicted molar refractivity (Wildman–Crippen MR) is 149 cm³/mol. The second-order valence-corrected chi connectivity index (χ2v) is 17.9. The maximum absolute atomic E-state index is 12.0. The van der Waals surface area contributed by atoms with Gasteiger partial charge in [0.1, 0.15) is 36.6 Å². The molecular formula is C18H22N4Na5O26P5. The van der Waals surface area contributed by atoms with Crippen molar-refractivity contribution in [1.29, 1.82) is 0 Å². The van der Waals surface area contributed by atoms with Crippen LogP contribution in [0, 0.1) is 0 Å². The zero-order valence-corrected chi connectivity index (χ0v) is 44.7. The molecule has 58 heavy (non-hydrogen) atoms. The van der Waals surface area contributed by atoms with Crippen LogP contribution in [0.5, 0.6) is 0 Å². The molecule has 4 rings (SSSR count). The second-order valence-electron chi connectivity index (χ2n) is 10.3. The van der Waals surface area contributed by atoms with Crippen molar-refractivity contribution >= 4 is 39.1 Å². The quantitative estimate of drug-likeness (QED) is 0.0672. The number of hydrogen-bond acceptors (Lipinski definition) is 26. The van der Waals surface area contributed by atoms with E-state index in [1.807, 2.05) is 0 Å². The van der Waals surface area contributed by atoms with Gasteiger partial charge in [-0.05, 0) is 0 Å². The van der Waals surface area contributed by atoms with Gasteiger partial charge in [-0.1, -0.05) is 0 Å². The molecule has 30 nitrogen and oxygen atoms in total. The number of nitrogens with zero attached hydrogens (tertiary/aromatic N) is 2. The van der Waals surface area contributed by atoms with Crippen LogP contribution in [0.3, 0.4) is 0 Å². The first kappa shape index (κ1) is 62.9. The molecule has 0 bridgehead atoms. The van der Waals surface area contributed by atoms with Crippen LogP contribution in [-0.4, -0.2) is 89.4 Å². The Balaban J connectivity index is 0. The molecule has 0 amide bonds. The Hall–Kier alpha value is 2.83. The van der Waals surface area contributed by atoms with Gasteiger partial charge >= 0.3 is 159 Å². The molecule has 12 atom stereocenters. The Labute approximate surface area is 432 Å². The fraction of sp³-hybridized carbons (Fsp3) is 0.556. The molecule has 0 radical (unpaired) electrons. The van der Waals surface area contributed by atoms with E-state index in [-0.39, 0.29) is 148 Å². The molecule has 0 aromatic carbocycles. The summed E-state index contributed by atoms with van der Waals surface area (Å²) in [6, 6.07) is 1.63. The molecule has 0 aliphatic carbocycles. The molecule has 2 aliphatic heterocycles. The minimum atomic E-state index is -6.92. The van der Waals surface area contributed by atoms with Crippen LogP contribution in [0.15, 0.2) is 43.7 Å². The third kappa shape index (κ3) is 17.9. The van der Waals surface area contributed by atoms with Crippen LogP contribution in [0.1, 0.15) is 12.5 Å². The molecule has 4 unspecified atom stereocenters. The fourth-order valence-corrected chi connectivity index (χ4v) is 10.5. The first-order valence-electron chi connectivity index (χ1n) is 13.6. The number of aliphatic hydroxyl groups is 4. The zero-order valence-electron chi connectivity index (χ0n) is 30.2. The Kier molecular flexibility index (Phi) is 27.2. The van der Waals surface area contributed by atoms with Gasteiger partial charge in [0.15, 0.2) is 12.5 Å². The number of H-pyrrole nitrogens is 2. The van der Waals surface area contributed by atoms with E-state index < -0.39 is 124 Å². The van der Waals surface area contributed by atoms with E-state index in [0.29, 0.717) is 9.13 Å². The van der Waals surface area contributed by atoms with E-state index in [1.54, 1.807) is 9.97 Å². The smallest absolute Gasteiger partial charge is 0.756 e. The number of nitrogens with one attached hydrogen (secondary N) is 2. The minimum Gasteiger partial charge on any atom is -0.756 e. The summed E-state index contributed by atoms with van der Waals surface area (Å²) in [4.78, 5) is 110. The summed E-state index contributed by atoms with van der Waals surface area (Å²) in [7, 11) is -33.1. The average Bonchev–Trinajstić information content (AvgIpc) is 3.42. The minimum absolute atomic E-state index is 0. The molecule has 2 saturated heterocycles. The molecule has 0 spiro atoms. The fourth-order valence-electron chi connectivity index (χ4n) is 4.36. The van der Waals surface area contributed by atoms with Gasteiger partial charge in [0, 0.05) is 24.5 Å². The molecule has 2 fully saturated rings. The predicted octanol–water partition coefficient (Wildman–Crippen LogP) is -22.2. The summed E-state index contributed by atoms with van der Waals surface area (Å²) >= 11 is 0. The summed E-state index contributed by atoms with van der Waals surface area (Å²) < 4.78 is 92.9. The second kappa shape index (κ2) is 25.1. The van der Waals surface area contributed by atoms with Crippen molar-refractivity contribution in [2.45, 2.75) is 49.1 Å². The molecule has 2 aromatic heterocycles. The Bertz CT molecular complexity index is 2030. The number of rotatable bonds is 16. The Morgan fingerprint density at radius 2 is 0.810 bits per heavy atom. The van der Waals surface area contributed by atoms with Crippen molar-refractivity contribution < 1.29 is 251 Å². The van der Waals surface area contributed by atoms with E-state index in [1.165, 1.54) is 0 Å². The number of aromatic amines is 2. The van der Waals surface area contributed by atoms with Crippen LogP contribution in [0.25, 0.3) is 0 Å². The summed E-state index contributed by atoms with van der Waals surface area (Å²) in [5.74, 6) is 0. The van der Waals surface area contributed by atoms with Gasteiger partial charge in [-0.25, -0.2) is 26.8 Å². The van der Waals surface area contributed by atoms with Crippen molar-refractivity contribution in [1.82, 2.24) is 19.1 Å². The summed E-state index contributed by atoms with van der Waals surface area (Å²) in [5.41, 5.74) is -4.00. The van der Waals surface area contributed by atoms with E-state index in [4.69, 9.17) is 9.47 Å². The summed E-state index contributed by atoms with van der Waals surface area (Å²) in [6.07, 6.45) is -13.6. The van der Waals surface area contributed by atoms with Gasteiger partial charge in [-0.2, -0.15) is 0 Å². The number of hydrogen-bond donors (Lipinski definition) is 6. The Morgan fingerprint density at radius 3 is 1.09 bits per heavy atom. The van der Waals surface area contributed by atoms with E-state index in [2.05, 4.69) is 26.3 Å². The summed E-state index contributed by atoms with van der Waals surface area (Å²) in [5, 5.41) is 40.5. The van der Waals surface area contributed by atoms with Crippen molar-refractivity contribution in [2.24, 2.45) is 0 Å². The van der Waals surface area contributed by atoms with Crippen molar-refractivity contribution in [3.8, 4) is 0 Å². The topological polar surface area (TPSA) is 465 Å². The third-order valence-electron chi connectivity index (χ3n) is 6.52. The van der Waals surface area contributed by atoms with E-state index in [9.17, 15) is 86.9 Å². The average molecular weight is 980 g/mol. The van der Waals surface area contributed by atoms with Crippen LogP contribution < -0.4 is 195 Å². The first-order valence-corrected chi connectivity index (χ1v) is 20.9. The number of phosphoric ester groups is 2. The van der Waals surface area contributed by atoms with Crippen LogP contribution >= 0.6 is 39.1 Å². The first-order chi connectivity index (χ1) is 24.2. The van der Waals surface area contributed by atoms with Gasteiger partial charge in [0.05, 0.1) is 13.2 Å². The van der Waals surface area contributed by atoms with Crippen LogP contribution in [0.4, 0.5) is 0 Å². The molecule has 6 N–H and O–H groups in total. The number of ether oxygens (including phenoxy) is 2. The molecule has 2 aliphatic rings. The number of phosphoric acid groups is 5. The molecule has 4 heterocycles. The van der Waals surface area contributed by atoms with Crippen LogP contribution in [-0.2, 0) is 58.6 Å². The third-order valence-corrected chi connectivity index (χ3v) is 13.8. The molecule has 300 valence electrons. The largest absolute Gasteiger partial charge is 1.00 e. The van der Waals surface area contributed by atoms with Gasteiger partial charge in [0.2, 0.25) is 0 Å².